The summed E-state index contributed by atoms with van der Waals surface area (Å²) in [6, 6.07) is -0.850. The van der Waals surface area contributed by atoms with Gasteiger partial charge in [-0.15, -0.1) is 0 Å². The van der Waals surface area contributed by atoms with E-state index in [0.717, 1.165) is 19.3 Å². The van der Waals surface area contributed by atoms with E-state index in [4.69, 9.17) is 5.73 Å². The van der Waals surface area contributed by atoms with Gasteiger partial charge in [0.15, 0.2) is 0 Å². The summed E-state index contributed by atoms with van der Waals surface area (Å²) in [5.41, 5.74) is 5.65. The Bertz CT molecular complexity index is 247. The number of amidine groups is 1. The Labute approximate surface area is 82.6 Å². The highest BCUT2D eigenvalue weighted by Crippen LogP contribution is 2.37. The van der Waals surface area contributed by atoms with Gasteiger partial charge >= 0.3 is 0 Å². The molecule has 2 rings (SSSR count). The maximum atomic E-state index is 13.4. The van der Waals surface area contributed by atoms with Gasteiger partial charge in [-0.1, -0.05) is 6.42 Å². The van der Waals surface area contributed by atoms with E-state index in [1.165, 1.54) is 0 Å². The Hall–Kier alpha value is -0.670. The first kappa shape index (κ1) is 9.87. The highest BCUT2D eigenvalue weighted by atomic mass is 19.3. The molecule has 0 bridgehead atoms. The maximum Gasteiger partial charge on any atom is 0.270 e. The Morgan fingerprint density at radius 3 is 2.50 bits per heavy atom. The predicted octanol–water partition coefficient (Wildman–Crippen LogP) is 2.33. The summed E-state index contributed by atoms with van der Waals surface area (Å²) in [4.78, 5) is 4.00. The highest BCUT2D eigenvalue weighted by Gasteiger charge is 2.42. The molecule has 4 heteroatoms. The molecule has 1 unspecified atom stereocenters. The van der Waals surface area contributed by atoms with Gasteiger partial charge in [0.1, 0.15) is 6.04 Å². The Morgan fingerprint density at radius 2 is 1.93 bits per heavy atom. The topological polar surface area (TPSA) is 38.4 Å². The molecule has 0 amide bonds. The van der Waals surface area contributed by atoms with E-state index in [2.05, 4.69) is 4.99 Å². The molecule has 0 aromatic heterocycles. The van der Waals surface area contributed by atoms with Crippen molar-refractivity contribution in [3.8, 4) is 0 Å². The van der Waals surface area contributed by atoms with Crippen LogP contribution in [0.25, 0.3) is 0 Å². The van der Waals surface area contributed by atoms with Crippen LogP contribution in [0.15, 0.2) is 4.99 Å². The lowest BCUT2D eigenvalue weighted by Gasteiger charge is -2.28. The number of hydrogen-bond donors (Lipinski definition) is 1. The summed E-state index contributed by atoms with van der Waals surface area (Å²) in [6.07, 6.45) is 3.96. The molecule has 0 saturated heterocycles. The van der Waals surface area contributed by atoms with Crippen molar-refractivity contribution in [2.45, 2.75) is 50.5 Å². The lowest BCUT2D eigenvalue weighted by Crippen LogP contribution is -2.37. The minimum Gasteiger partial charge on any atom is -0.387 e. The molecule has 2 N–H and O–H groups in total. The number of aliphatic imine (C=N–C) groups is 1. The summed E-state index contributed by atoms with van der Waals surface area (Å²) in [5, 5.41) is 0. The van der Waals surface area contributed by atoms with Crippen molar-refractivity contribution in [2.24, 2.45) is 16.6 Å². The summed E-state index contributed by atoms with van der Waals surface area (Å²) in [6.45, 7) is 0. The van der Waals surface area contributed by atoms with Gasteiger partial charge in [-0.3, -0.25) is 4.99 Å². The van der Waals surface area contributed by atoms with E-state index in [0.29, 0.717) is 24.6 Å². The third kappa shape index (κ3) is 2.04. The van der Waals surface area contributed by atoms with E-state index in [-0.39, 0.29) is 6.42 Å². The summed E-state index contributed by atoms with van der Waals surface area (Å²) < 4.78 is 26.7. The van der Waals surface area contributed by atoms with Crippen LogP contribution in [0.4, 0.5) is 8.78 Å². The van der Waals surface area contributed by atoms with Crippen LogP contribution >= 0.6 is 0 Å². The number of hydrogen-bond acceptors (Lipinski definition) is 1. The van der Waals surface area contributed by atoms with Crippen molar-refractivity contribution >= 4 is 5.84 Å². The van der Waals surface area contributed by atoms with Gasteiger partial charge in [-0.2, -0.15) is 0 Å². The van der Waals surface area contributed by atoms with Crippen LogP contribution in [0.5, 0.6) is 0 Å². The first-order valence-electron chi connectivity index (χ1n) is 5.30. The molecular formula is C10H16F2N2. The maximum absolute atomic E-state index is 13.4. The predicted molar refractivity (Wildman–Crippen MR) is 51.5 cm³/mol. The Balaban J connectivity index is 2.03. The van der Waals surface area contributed by atoms with Crippen LogP contribution in [0.1, 0.15) is 38.5 Å². The van der Waals surface area contributed by atoms with Gasteiger partial charge in [-0.05, 0) is 25.7 Å². The average Bonchev–Trinajstić information content (AvgIpc) is 2.91. The van der Waals surface area contributed by atoms with Crippen LogP contribution in [-0.4, -0.2) is 17.8 Å². The molecule has 2 aliphatic rings. The number of nitrogens with zero attached hydrogens (tertiary/aromatic N) is 1. The van der Waals surface area contributed by atoms with Crippen molar-refractivity contribution in [3.05, 3.63) is 0 Å². The molecule has 2 saturated carbocycles. The fourth-order valence-electron chi connectivity index (χ4n) is 1.90. The highest BCUT2D eigenvalue weighted by molar-refractivity contribution is 5.85. The van der Waals surface area contributed by atoms with E-state index >= 15 is 0 Å². The van der Waals surface area contributed by atoms with Crippen LogP contribution in [0, 0.1) is 5.92 Å². The average molecular weight is 202 g/mol. The fourth-order valence-corrected chi connectivity index (χ4v) is 1.90. The molecular weight excluding hydrogens is 186 g/mol. The standard InChI is InChI=1S/C10H16F2N2/c11-10(12)6-2-1-3-8(10)14-9(13)7-4-5-7/h7-8H,1-6H2,(H2,13,14). The minimum atomic E-state index is -2.63. The van der Waals surface area contributed by atoms with Crippen molar-refractivity contribution in [2.75, 3.05) is 0 Å². The molecule has 14 heavy (non-hydrogen) atoms. The van der Waals surface area contributed by atoms with E-state index in [1.807, 2.05) is 0 Å². The monoisotopic (exact) mass is 202 g/mol. The zero-order valence-electron chi connectivity index (χ0n) is 8.18. The quantitative estimate of drug-likeness (QED) is 0.541. The second-order valence-corrected chi connectivity index (χ2v) is 4.35. The van der Waals surface area contributed by atoms with Gasteiger partial charge in [-0.25, -0.2) is 8.78 Å². The van der Waals surface area contributed by atoms with Gasteiger partial charge in [0.25, 0.3) is 5.92 Å². The summed E-state index contributed by atoms with van der Waals surface area (Å²) in [5.74, 6) is -1.87. The number of nitrogens with two attached hydrogens (primary N) is 1. The molecule has 1 atom stereocenters. The van der Waals surface area contributed by atoms with Crippen molar-refractivity contribution in [1.29, 1.82) is 0 Å². The second kappa shape index (κ2) is 3.48. The molecule has 0 radical (unpaired) electrons. The minimum absolute atomic E-state index is 0.0287. The van der Waals surface area contributed by atoms with Crippen LogP contribution in [0.3, 0.4) is 0 Å². The molecule has 2 fully saturated rings. The van der Waals surface area contributed by atoms with E-state index < -0.39 is 12.0 Å². The van der Waals surface area contributed by atoms with Crippen molar-refractivity contribution < 1.29 is 8.78 Å². The Morgan fingerprint density at radius 1 is 1.21 bits per heavy atom. The summed E-state index contributed by atoms with van der Waals surface area (Å²) >= 11 is 0. The van der Waals surface area contributed by atoms with Gasteiger partial charge < -0.3 is 5.73 Å². The van der Waals surface area contributed by atoms with E-state index in [9.17, 15) is 8.78 Å². The molecule has 0 aromatic rings. The number of rotatable bonds is 2. The third-order valence-corrected chi connectivity index (χ3v) is 3.03. The smallest absolute Gasteiger partial charge is 0.270 e. The zero-order chi connectivity index (χ0) is 10.2. The van der Waals surface area contributed by atoms with Gasteiger partial charge in [0.05, 0.1) is 5.84 Å². The van der Waals surface area contributed by atoms with E-state index in [1.54, 1.807) is 0 Å². The first-order valence-corrected chi connectivity index (χ1v) is 5.30. The third-order valence-electron chi connectivity index (χ3n) is 3.03. The lowest BCUT2D eigenvalue weighted by atomic mass is 9.92. The Kier molecular flexibility index (Phi) is 2.45. The number of halogens is 2. The molecule has 0 spiro atoms. The largest absolute Gasteiger partial charge is 0.387 e. The summed E-state index contributed by atoms with van der Waals surface area (Å²) in [7, 11) is 0. The SMILES string of the molecule is NC(=NC1CCCCC1(F)F)C1CC1. The zero-order valence-corrected chi connectivity index (χ0v) is 8.18. The van der Waals surface area contributed by atoms with Gasteiger partial charge in [0.2, 0.25) is 0 Å². The molecule has 0 aromatic carbocycles. The van der Waals surface area contributed by atoms with Crippen LogP contribution in [0.2, 0.25) is 0 Å². The van der Waals surface area contributed by atoms with Crippen molar-refractivity contribution in [1.82, 2.24) is 0 Å². The number of alkyl halides is 2. The normalized spacial score (nSPS) is 33.0. The molecule has 80 valence electrons. The molecule has 2 aliphatic carbocycles. The van der Waals surface area contributed by atoms with Crippen LogP contribution < -0.4 is 5.73 Å². The van der Waals surface area contributed by atoms with Crippen LogP contribution in [-0.2, 0) is 0 Å². The second-order valence-electron chi connectivity index (χ2n) is 4.35. The first-order chi connectivity index (χ1) is 6.59. The molecule has 0 heterocycles. The molecule has 0 aliphatic heterocycles. The fraction of sp³-hybridized carbons (Fsp3) is 0.900. The lowest BCUT2D eigenvalue weighted by molar-refractivity contribution is -0.0507. The molecule has 2 nitrogen and oxygen atoms in total. The van der Waals surface area contributed by atoms with Crippen molar-refractivity contribution in [3.63, 3.8) is 0 Å². The van der Waals surface area contributed by atoms with Gasteiger partial charge in [0, 0.05) is 12.3 Å².